The Labute approximate surface area is 138 Å². The van der Waals surface area contributed by atoms with E-state index in [2.05, 4.69) is 10.1 Å². The third kappa shape index (κ3) is 4.56. The molecule has 0 aliphatic carbocycles. The van der Waals surface area contributed by atoms with Crippen LogP contribution >= 0.6 is 0 Å². The van der Waals surface area contributed by atoms with E-state index in [1.807, 2.05) is 0 Å². The lowest BCUT2D eigenvalue weighted by atomic mass is 9.96. The Kier molecular flexibility index (Phi) is 5.94. The zero-order valence-corrected chi connectivity index (χ0v) is 13.6. The molecule has 0 spiro atoms. The Morgan fingerprint density at radius 1 is 1.25 bits per heavy atom. The molecule has 0 unspecified atom stereocenters. The lowest BCUT2D eigenvalue weighted by Gasteiger charge is -2.30. The van der Waals surface area contributed by atoms with E-state index in [-0.39, 0.29) is 29.2 Å². The van der Waals surface area contributed by atoms with Crippen molar-refractivity contribution in [3.63, 3.8) is 0 Å². The highest BCUT2D eigenvalue weighted by molar-refractivity contribution is 5.93. The average molecular weight is 342 g/mol. The Morgan fingerprint density at radius 3 is 2.46 bits per heavy atom. The van der Waals surface area contributed by atoms with Gasteiger partial charge < -0.3 is 19.7 Å². The Morgan fingerprint density at radius 2 is 1.92 bits per heavy atom. The number of hydrogen-bond donors (Lipinski definition) is 1. The summed E-state index contributed by atoms with van der Waals surface area (Å²) in [6.07, 6.45) is 1.14. The van der Waals surface area contributed by atoms with Crippen molar-refractivity contribution < 1.29 is 27.8 Å². The number of nitrogens with zero attached hydrogens (tertiary/aromatic N) is 1. The summed E-state index contributed by atoms with van der Waals surface area (Å²) in [6, 6.07) is 4.30. The van der Waals surface area contributed by atoms with Gasteiger partial charge in [0.2, 0.25) is 11.8 Å². The molecule has 132 valence electrons. The molecule has 1 heterocycles. The average Bonchev–Trinajstić information content (AvgIpc) is 2.54. The highest BCUT2D eigenvalue weighted by atomic mass is 19.3. The van der Waals surface area contributed by atoms with Crippen molar-refractivity contribution in [2.75, 3.05) is 25.5 Å². The van der Waals surface area contributed by atoms with Crippen molar-refractivity contribution in [1.29, 1.82) is 0 Å². The summed E-state index contributed by atoms with van der Waals surface area (Å²) in [5.41, 5.74) is 0.352. The predicted molar refractivity (Wildman–Crippen MR) is 83.2 cm³/mol. The van der Waals surface area contributed by atoms with Gasteiger partial charge in [0.1, 0.15) is 0 Å². The zero-order chi connectivity index (χ0) is 17.7. The third-order valence-corrected chi connectivity index (χ3v) is 3.96. The molecular formula is C16H20F2N2O4. The van der Waals surface area contributed by atoms with Crippen LogP contribution in [0.15, 0.2) is 18.2 Å². The van der Waals surface area contributed by atoms with Crippen LogP contribution in [0.4, 0.5) is 14.5 Å². The van der Waals surface area contributed by atoms with E-state index in [0.29, 0.717) is 31.6 Å². The van der Waals surface area contributed by atoms with Gasteiger partial charge in [0.25, 0.3) is 0 Å². The number of amides is 2. The molecule has 0 saturated carbocycles. The summed E-state index contributed by atoms with van der Waals surface area (Å²) >= 11 is 0. The van der Waals surface area contributed by atoms with Crippen LogP contribution in [-0.2, 0) is 9.59 Å². The first-order chi connectivity index (χ1) is 11.4. The number of benzene rings is 1. The van der Waals surface area contributed by atoms with E-state index in [4.69, 9.17) is 4.74 Å². The molecule has 1 saturated heterocycles. The number of likely N-dealkylation sites (tertiary alicyclic amines) is 1. The zero-order valence-electron chi connectivity index (χ0n) is 13.6. The van der Waals surface area contributed by atoms with Gasteiger partial charge in [0.05, 0.1) is 7.11 Å². The molecule has 0 aromatic heterocycles. The number of carbonyl (C=O) groups is 2. The van der Waals surface area contributed by atoms with Gasteiger partial charge in [-0.25, -0.2) is 0 Å². The molecule has 1 aliphatic heterocycles. The minimum Gasteiger partial charge on any atom is -0.493 e. The quantitative estimate of drug-likeness (QED) is 0.893. The molecule has 1 aromatic rings. The van der Waals surface area contributed by atoms with Gasteiger partial charge in [0, 0.05) is 37.7 Å². The van der Waals surface area contributed by atoms with Crippen LogP contribution in [0.3, 0.4) is 0 Å². The van der Waals surface area contributed by atoms with E-state index >= 15 is 0 Å². The van der Waals surface area contributed by atoms with Crippen molar-refractivity contribution >= 4 is 17.5 Å². The topological polar surface area (TPSA) is 67.9 Å². The second kappa shape index (κ2) is 7.94. The van der Waals surface area contributed by atoms with Crippen molar-refractivity contribution in [3.8, 4) is 11.5 Å². The van der Waals surface area contributed by atoms with Crippen molar-refractivity contribution in [2.45, 2.75) is 26.4 Å². The smallest absolute Gasteiger partial charge is 0.387 e. The lowest BCUT2D eigenvalue weighted by Crippen LogP contribution is -2.40. The van der Waals surface area contributed by atoms with Gasteiger partial charge in [-0.3, -0.25) is 9.59 Å². The highest BCUT2D eigenvalue weighted by Crippen LogP contribution is 2.32. The molecule has 0 atom stereocenters. The van der Waals surface area contributed by atoms with Gasteiger partial charge in [-0.15, -0.1) is 0 Å². The number of halogens is 2. The van der Waals surface area contributed by atoms with E-state index in [9.17, 15) is 18.4 Å². The number of alkyl halides is 2. The first kappa shape index (κ1) is 18.0. The minimum atomic E-state index is -2.99. The second-order valence-electron chi connectivity index (χ2n) is 5.51. The summed E-state index contributed by atoms with van der Waals surface area (Å²) in [4.78, 5) is 25.3. The normalized spacial score (nSPS) is 15.3. The fraction of sp³-hybridized carbons (Fsp3) is 0.500. The number of rotatable bonds is 5. The maximum atomic E-state index is 12.4. The summed E-state index contributed by atoms with van der Waals surface area (Å²) in [6.45, 7) is -0.408. The van der Waals surface area contributed by atoms with Crippen molar-refractivity contribution in [1.82, 2.24) is 4.90 Å². The fourth-order valence-electron chi connectivity index (χ4n) is 2.64. The molecule has 24 heavy (non-hydrogen) atoms. The number of ether oxygens (including phenoxy) is 2. The molecule has 1 aromatic carbocycles. The standard InChI is InChI=1S/C16H20F2N2O4/c1-10(21)20-7-5-11(6-8-20)15(22)19-12-3-4-13(23-2)14(9-12)24-16(17)18/h3-4,9,11,16H,5-8H2,1-2H3,(H,19,22). The number of nitrogens with one attached hydrogen (secondary N) is 1. The van der Waals surface area contributed by atoms with E-state index in [0.717, 1.165) is 0 Å². The molecule has 2 amide bonds. The maximum absolute atomic E-state index is 12.4. The van der Waals surface area contributed by atoms with Crippen LogP contribution in [0.25, 0.3) is 0 Å². The number of methoxy groups -OCH3 is 1. The van der Waals surface area contributed by atoms with E-state index in [1.165, 1.54) is 26.2 Å². The number of hydrogen-bond acceptors (Lipinski definition) is 4. The second-order valence-corrected chi connectivity index (χ2v) is 5.51. The maximum Gasteiger partial charge on any atom is 0.387 e. The number of carbonyl (C=O) groups excluding carboxylic acids is 2. The van der Waals surface area contributed by atoms with Gasteiger partial charge in [-0.1, -0.05) is 0 Å². The van der Waals surface area contributed by atoms with Crippen LogP contribution in [-0.4, -0.2) is 43.5 Å². The monoisotopic (exact) mass is 342 g/mol. The fourth-order valence-corrected chi connectivity index (χ4v) is 2.64. The SMILES string of the molecule is COc1ccc(NC(=O)C2CCN(C(C)=O)CC2)cc1OC(F)F. The molecule has 0 radical (unpaired) electrons. The van der Waals surface area contributed by atoms with Crippen LogP contribution in [0, 0.1) is 5.92 Å². The van der Waals surface area contributed by atoms with E-state index < -0.39 is 6.61 Å². The molecule has 1 fully saturated rings. The Hall–Kier alpha value is -2.38. The van der Waals surface area contributed by atoms with Crippen molar-refractivity contribution in [2.24, 2.45) is 5.92 Å². The van der Waals surface area contributed by atoms with Crippen LogP contribution in [0.1, 0.15) is 19.8 Å². The first-order valence-electron chi connectivity index (χ1n) is 7.60. The molecular weight excluding hydrogens is 322 g/mol. The van der Waals surface area contributed by atoms with Gasteiger partial charge in [0.15, 0.2) is 11.5 Å². The molecule has 1 N–H and O–H groups in total. The third-order valence-electron chi connectivity index (χ3n) is 3.96. The Balaban J connectivity index is 2.00. The molecule has 8 heteroatoms. The summed E-state index contributed by atoms with van der Waals surface area (Å²) < 4.78 is 34.2. The van der Waals surface area contributed by atoms with Crippen LogP contribution in [0.2, 0.25) is 0 Å². The summed E-state index contributed by atoms with van der Waals surface area (Å²) in [5.74, 6) is -0.411. The predicted octanol–water partition coefficient (Wildman–Crippen LogP) is 2.49. The first-order valence-corrected chi connectivity index (χ1v) is 7.60. The minimum absolute atomic E-state index is 0.00204. The molecule has 2 rings (SSSR count). The molecule has 6 nitrogen and oxygen atoms in total. The largest absolute Gasteiger partial charge is 0.493 e. The van der Waals surface area contributed by atoms with Gasteiger partial charge >= 0.3 is 6.61 Å². The highest BCUT2D eigenvalue weighted by Gasteiger charge is 2.26. The molecule has 1 aliphatic rings. The van der Waals surface area contributed by atoms with Crippen LogP contribution in [0.5, 0.6) is 11.5 Å². The Bertz CT molecular complexity index is 602. The number of anilines is 1. The summed E-state index contributed by atoms with van der Waals surface area (Å²) in [5, 5.41) is 2.70. The lowest BCUT2D eigenvalue weighted by molar-refractivity contribution is -0.132. The molecule has 0 bridgehead atoms. The number of piperidine rings is 1. The van der Waals surface area contributed by atoms with E-state index in [1.54, 1.807) is 11.0 Å². The van der Waals surface area contributed by atoms with Crippen molar-refractivity contribution in [3.05, 3.63) is 18.2 Å². The van der Waals surface area contributed by atoms with Gasteiger partial charge in [-0.05, 0) is 25.0 Å². The van der Waals surface area contributed by atoms with Crippen LogP contribution < -0.4 is 14.8 Å². The summed E-state index contributed by atoms with van der Waals surface area (Å²) in [7, 11) is 1.34. The van der Waals surface area contributed by atoms with Gasteiger partial charge in [-0.2, -0.15) is 8.78 Å².